The molecule has 0 spiro atoms. The average molecular weight is 344 g/mol. The van der Waals surface area contributed by atoms with Crippen molar-refractivity contribution in [2.75, 3.05) is 21.3 Å². The van der Waals surface area contributed by atoms with Gasteiger partial charge in [0.2, 0.25) is 5.75 Å². The molecule has 2 aromatic carbocycles. The molecule has 132 valence electrons. The second-order valence-electron chi connectivity index (χ2n) is 5.04. The molecule has 2 rings (SSSR count). The molecule has 0 heterocycles. The fraction of sp³-hybridized carbons (Fsp3) is 0.222. The van der Waals surface area contributed by atoms with E-state index in [1.54, 1.807) is 42.5 Å². The lowest BCUT2D eigenvalue weighted by Crippen LogP contribution is -2.39. The third-order valence-electron chi connectivity index (χ3n) is 3.44. The standard InChI is InChI=1S/C18H20N2O5/c1-23-14-9-12(10-15(24-2)16(14)25-3)11-19-18(22)20-17(21)13-7-5-4-6-8-13/h4-10H,11H2,1-3H3,(H2,19,20,21,22). The van der Waals surface area contributed by atoms with Crippen LogP contribution in [-0.2, 0) is 6.54 Å². The predicted molar refractivity (Wildman–Crippen MR) is 92.2 cm³/mol. The van der Waals surface area contributed by atoms with Crippen LogP contribution >= 0.6 is 0 Å². The molecular formula is C18H20N2O5. The van der Waals surface area contributed by atoms with Crippen molar-refractivity contribution in [1.29, 1.82) is 0 Å². The lowest BCUT2D eigenvalue weighted by atomic mass is 10.2. The number of rotatable bonds is 6. The van der Waals surface area contributed by atoms with Crippen molar-refractivity contribution in [3.05, 3.63) is 53.6 Å². The second-order valence-corrected chi connectivity index (χ2v) is 5.04. The molecule has 2 aromatic rings. The summed E-state index contributed by atoms with van der Waals surface area (Å²) in [5.74, 6) is 0.972. The molecule has 2 N–H and O–H groups in total. The molecule has 7 nitrogen and oxygen atoms in total. The summed E-state index contributed by atoms with van der Waals surface area (Å²) < 4.78 is 15.8. The Hall–Kier alpha value is -3.22. The smallest absolute Gasteiger partial charge is 0.321 e. The first-order valence-corrected chi connectivity index (χ1v) is 7.52. The number of urea groups is 1. The summed E-state index contributed by atoms with van der Waals surface area (Å²) in [4.78, 5) is 23.8. The van der Waals surface area contributed by atoms with Crippen LogP contribution in [0.2, 0.25) is 0 Å². The number of carbonyl (C=O) groups excluding carboxylic acids is 2. The molecule has 0 saturated carbocycles. The molecule has 0 fully saturated rings. The summed E-state index contributed by atoms with van der Waals surface area (Å²) in [5, 5.41) is 4.89. The maximum atomic E-state index is 11.9. The Morgan fingerprint density at radius 3 is 2.04 bits per heavy atom. The number of hydrogen-bond donors (Lipinski definition) is 2. The molecule has 0 bridgehead atoms. The van der Waals surface area contributed by atoms with Crippen LogP contribution in [0.4, 0.5) is 4.79 Å². The molecule has 3 amide bonds. The predicted octanol–water partition coefficient (Wildman–Crippen LogP) is 2.35. The van der Waals surface area contributed by atoms with Crippen LogP contribution in [0.15, 0.2) is 42.5 Å². The molecule has 25 heavy (non-hydrogen) atoms. The topological polar surface area (TPSA) is 85.9 Å². The highest BCUT2D eigenvalue weighted by Crippen LogP contribution is 2.38. The van der Waals surface area contributed by atoms with Gasteiger partial charge in [-0.3, -0.25) is 10.1 Å². The number of nitrogens with one attached hydrogen (secondary N) is 2. The van der Waals surface area contributed by atoms with Gasteiger partial charge >= 0.3 is 6.03 Å². The summed E-state index contributed by atoms with van der Waals surface area (Å²) in [6, 6.07) is 11.3. The summed E-state index contributed by atoms with van der Waals surface area (Å²) in [6.45, 7) is 0.185. The van der Waals surface area contributed by atoms with Gasteiger partial charge in [0.05, 0.1) is 21.3 Å². The summed E-state index contributed by atoms with van der Waals surface area (Å²) >= 11 is 0. The van der Waals surface area contributed by atoms with Crippen LogP contribution in [0, 0.1) is 0 Å². The first-order chi connectivity index (χ1) is 12.1. The highest BCUT2D eigenvalue weighted by molar-refractivity contribution is 6.04. The highest BCUT2D eigenvalue weighted by atomic mass is 16.5. The van der Waals surface area contributed by atoms with Gasteiger partial charge in [-0.1, -0.05) is 18.2 Å². The van der Waals surface area contributed by atoms with Gasteiger partial charge in [-0.15, -0.1) is 0 Å². The molecule has 0 atom stereocenters. The maximum Gasteiger partial charge on any atom is 0.321 e. The monoisotopic (exact) mass is 344 g/mol. The van der Waals surface area contributed by atoms with Gasteiger partial charge in [-0.05, 0) is 29.8 Å². The van der Waals surface area contributed by atoms with Crippen molar-refractivity contribution in [3.63, 3.8) is 0 Å². The number of amides is 3. The lowest BCUT2D eigenvalue weighted by molar-refractivity contribution is 0.0964. The van der Waals surface area contributed by atoms with Crippen LogP contribution in [0.25, 0.3) is 0 Å². The zero-order chi connectivity index (χ0) is 18.2. The van der Waals surface area contributed by atoms with Gasteiger partial charge in [0, 0.05) is 12.1 Å². The fourth-order valence-corrected chi connectivity index (χ4v) is 2.23. The number of carbonyl (C=O) groups is 2. The Kier molecular flexibility index (Phi) is 6.22. The number of imide groups is 1. The lowest BCUT2D eigenvalue weighted by Gasteiger charge is -2.14. The Labute approximate surface area is 145 Å². The Morgan fingerprint density at radius 1 is 0.920 bits per heavy atom. The van der Waals surface area contributed by atoms with E-state index in [9.17, 15) is 9.59 Å². The minimum atomic E-state index is -0.595. The third-order valence-corrected chi connectivity index (χ3v) is 3.44. The van der Waals surface area contributed by atoms with E-state index in [1.807, 2.05) is 0 Å². The molecule has 0 aliphatic rings. The van der Waals surface area contributed by atoms with E-state index in [4.69, 9.17) is 14.2 Å². The van der Waals surface area contributed by atoms with Gasteiger partial charge in [0.25, 0.3) is 5.91 Å². The largest absolute Gasteiger partial charge is 0.493 e. The minimum absolute atomic E-state index is 0.185. The SMILES string of the molecule is COc1cc(CNC(=O)NC(=O)c2ccccc2)cc(OC)c1OC. The zero-order valence-corrected chi connectivity index (χ0v) is 14.3. The molecule has 0 radical (unpaired) electrons. The fourth-order valence-electron chi connectivity index (χ4n) is 2.23. The molecule has 0 aliphatic carbocycles. The molecule has 0 saturated heterocycles. The van der Waals surface area contributed by atoms with Crippen molar-refractivity contribution in [3.8, 4) is 17.2 Å². The van der Waals surface area contributed by atoms with Crippen LogP contribution in [-0.4, -0.2) is 33.3 Å². The molecule has 0 unspecified atom stereocenters. The Morgan fingerprint density at radius 2 is 1.52 bits per heavy atom. The van der Waals surface area contributed by atoms with E-state index >= 15 is 0 Å². The van der Waals surface area contributed by atoms with Crippen molar-refractivity contribution in [2.45, 2.75) is 6.54 Å². The highest BCUT2D eigenvalue weighted by Gasteiger charge is 2.14. The van der Waals surface area contributed by atoms with Gasteiger partial charge in [0.15, 0.2) is 11.5 Å². The summed E-state index contributed by atoms with van der Waals surface area (Å²) in [5.41, 5.74) is 1.14. The van der Waals surface area contributed by atoms with Crippen LogP contribution < -0.4 is 24.8 Å². The maximum absolute atomic E-state index is 11.9. The normalized spacial score (nSPS) is 9.88. The number of ether oxygens (including phenoxy) is 3. The van der Waals surface area contributed by atoms with Crippen molar-refractivity contribution >= 4 is 11.9 Å². The van der Waals surface area contributed by atoms with E-state index in [-0.39, 0.29) is 6.54 Å². The minimum Gasteiger partial charge on any atom is -0.493 e. The van der Waals surface area contributed by atoms with Gasteiger partial charge in [-0.2, -0.15) is 0 Å². The van der Waals surface area contributed by atoms with Crippen LogP contribution in [0.1, 0.15) is 15.9 Å². The molecule has 0 aliphatic heterocycles. The number of hydrogen-bond acceptors (Lipinski definition) is 5. The average Bonchev–Trinajstić information content (AvgIpc) is 2.65. The van der Waals surface area contributed by atoms with Crippen LogP contribution in [0.5, 0.6) is 17.2 Å². The van der Waals surface area contributed by atoms with E-state index in [0.29, 0.717) is 22.8 Å². The number of methoxy groups -OCH3 is 3. The zero-order valence-electron chi connectivity index (χ0n) is 14.3. The van der Waals surface area contributed by atoms with Crippen molar-refractivity contribution in [2.24, 2.45) is 0 Å². The van der Waals surface area contributed by atoms with Gasteiger partial charge < -0.3 is 19.5 Å². The van der Waals surface area contributed by atoms with Gasteiger partial charge in [-0.25, -0.2) is 4.79 Å². The summed E-state index contributed by atoms with van der Waals surface area (Å²) in [6.07, 6.45) is 0. The number of benzene rings is 2. The van der Waals surface area contributed by atoms with Crippen molar-refractivity contribution in [1.82, 2.24) is 10.6 Å². The van der Waals surface area contributed by atoms with E-state index < -0.39 is 11.9 Å². The Balaban J connectivity index is 2.01. The quantitative estimate of drug-likeness (QED) is 0.840. The summed E-state index contributed by atoms with van der Waals surface area (Å²) in [7, 11) is 4.54. The first-order valence-electron chi connectivity index (χ1n) is 7.52. The molecule has 7 heteroatoms. The first kappa shape index (κ1) is 18.1. The van der Waals surface area contributed by atoms with Gasteiger partial charge in [0.1, 0.15) is 0 Å². The van der Waals surface area contributed by atoms with Crippen LogP contribution in [0.3, 0.4) is 0 Å². The molecule has 0 aromatic heterocycles. The van der Waals surface area contributed by atoms with Crippen molar-refractivity contribution < 1.29 is 23.8 Å². The second kappa shape index (κ2) is 8.58. The Bertz CT molecular complexity index is 721. The molecular weight excluding hydrogens is 324 g/mol. The third kappa shape index (κ3) is 4.63. The van der Waals surface area contributed by atoms with E-state index in [2.05, 4.69) is 10.6 Å². The van der Waals surface area contributed by atoms with E-state index in [1.165, 1.54) is 21.3 Å². The van der Waals surface area contributed by atoms with E-state index in [0.717, 1.165) is 5.56 Å².